The highest BCUT2D eigenvalue weighted by atomic mass is 32.1. The smallest absolute Gasteiger partial charge is 0.476 e. The molecule has 0 amide bonds. The molecule has 1 fully saturated rings. The van der Waals surface area contributed by atoms with Crippen LogP contribution < -0.4 is 5.32 Å². The maximum atomic E-state index is 11.0. The van der Waals surface area contributed by atoms with Crippen molar-refractivity contribution in [1.82, 2.24) is 14.6 Å². The van der Waals surface area contributed by atoms with Gasteiger partial charge in [0.1, 0.15) is 6.33 Å². The van der Waals surface area contributed by atoms with Gasteiger partial charge in [0.05, 0.1) is 6.10 Å². The number of carboxylic acids is 2. The summed E-state index contributed by atoms with van der Waals surface area (Å²) in [6, 6.07) is 0. The third kappa shape index (κ3) is 5.32. The Labute approximate surface area is 161 Å². The highest BCUT2D eigenvalue weighted by Crippen LogP contribution is 2.32. The van der Waals surface area contributed by atoms with Gasteiger partial charge in [-0.05, 0) is 12.8 Å². The van der Waals surface area contributed by atoms with Gasteiger partial charge >= 0.3 is 18.1 Å². The topological polar surface area (TPSA) is 126 Å². The first-order valence-electron chi connectivity index (χ1n) is 8.15. The maximum Gasteiger partial charge on any atom is 0.490 e. The molecular formula is C15H19F3N4O5S. The molecule has 0 bridgehead atoms. The van der Waals surface area contributed by atoms with Gasteiger partial charge in [0.15, 0.2) is 10.5 Å². The SMILES string of the molecule is CC(C)(CNc1nn2cnc(C(=O)O)c2s1)C1CCCO1.O=C(O)C(F)(F)F. The molecule has 0 radical (unpaired) electrons. The molecule has 1 saturated heterocycles. The van der Waals surface area contributed by atoms with Crippen molar-refractivity contribution in [3.8, 4) is 0 Å². The molecule has 1 aliphatic heterocycles. The number of anilines is 1. The minimum absolute atomic E-state index is 0.00467. The minimum atomic E-state index is -5.08. The summed E-state index contributed by atoms with van der Waals surface area (Å²) < 4.78 is 39.0. The lowest BCUT2D eigenvalue weighted by atomic mass is 9.85. The fourth-order valence-electron chi connectivity index (χ4n) is 2.53. The molecule has 156 valence electrons. The Morgan fingerprint density at radius 1 is 1.39 bits per heavy atom. The zero-order valence-corrected chi connectivity index (χ0v) is 15.8. The van der Waals surface area contributed by atoms with E-state index in [0.717, 1.165) is 26.0 Å². The van der Waals surface area contributed by atoms with Gasteiger partial charge in [-0.15, -0.1) is 5.10 Å². The Hall–Kier alpha value is -2.41. The number of nitrogens with zero attached hydrogens (tertiary/aromatic N) is 3. The second-order valence-electron chi connectivity index (χ2n) is 6.70. The van der Waals surface area contributed by atoms with Crippen molar-refractivity contribution in [3.63, 3.8) is 0 Å². The van der Waals surface area contributed by atoms with E-state index in [-0.39, 0.29) is 17.2 Å². The predicted molar refractivity (Wildman–Crippen MR) is 92.8 cm³/mol. The number of alkyl halides is 3. The molecule has 3 N–H and O–H groups in total. The first-order chi connectivity index (χ1) is 12.9. The number of nitrogens with one attached hydrogen (secondary N) is 1. The number of carbonyl (C=O) groups is 2. The van der Waals surface area contributed by atoms with Crippen LogP contribution in [0.25, 0.3) is 4.83 Å². The molecule has 28 heavy (non-hydrogen) atoms. The van der Waals surface area contributed by atoms with Crippen molar-refractivity contribution in [2.24, 2.45) is 5.41 Å². The largest absolute Gasteiger partial charge is 0.490 e. The summed E-state index contributed by atoms with van der Waals surface area (Å²) in [7, 11) is 0. The lowest BCUT2D eigenvalue weighted by molar-refractivity contribution is -0.192. The number of aliphatic carboxylic acids is 1. The number of imidazole rings is 1. The normalized spacial score (nSPS) is 17.2. The lowest BCUT2D eigenvalue weighted by Gasteiger charge is -2.30. The number of hydrogen-bond donors (Lipinski definition) is 3. The highest BCUT2D eigenvalue weighted by molar-refractivity contribution is 7.21. The number of aromatic carboxylic acids is 1. The van der Waals surface area contributed by atoms with E-state index in [1.807, 2.05) is 0 Å². The van der Waals surface area contributed by atoms with Crippen molar-refractivity contribution >= 4 is 33.2 Å². The van der Waals surface area contributed by atoms with Crippen LogP contribution in [0, 0.1) is 5.41 Å². The molecule has 0 spiro atoms. The van der Waals surface area contributed by atoms with Crippen molar-refractivity contribution in [3.05, 3.63) is 12.0 Å². The summed E-state index contributed by atoms with van der Waals surface area (Å²) in [6.45, 7) is 5.90. The van der Waals surface area contributed by atoms with Crippen LogP contribution in [0.1, 0.15) is 37.2 Å². The predicted octanol–water partition coefficient (Wildman–Crippen LogP) is 2.74. The second kappa shape index (κ2) is 8.31. The van der Waals surface area contributed by atoms with Crippen LogP contribution in [-0.2, 0) is 9.53 Å². The first kappa shape index (κ1) is 21.9. The Balaban J connectivity index is 0.000000345. The molecule has 0 saturated carbocycles. The molecule has 2 aromatic heterocycles. The first-order valence-corrected chi connectivity index (χ1v) is 8.96. The number of carboxylic acid groups (broad SMARTS) is 2. The van der Waals surface area contributed by atoms with Gasteiger partial charge < -0.3 is 20.3 Å². The molecule has 2 aromatic rings. The monoisotopic (exact) mass is 424 g/mol. The molecule has 1 atom stereocenters. The van der Waals surface area contributed by atoms with E-state index < -0.39 is 18.1 Å². The average Bonchev–Trinajstić information content (AvgIpc) is 3.29. The van der Waals surface area contributed by atoms with Crippen LogP contribution in [0.2, 0.25) is 0 Å². The highest BCUT2D eigenvalue weighted by Gasteiger charge is 2.38. The summed E-state index contributed by atoms with van der Waals surface area (Å²) in [5.41, 5.74) is 0.0454. The number of aromatic nitrogens is 3. The molecule has 13 heteroatoms. The maximum absolute atomic E-state index is 11.0. The van der Waals surface area contributed by atoms with Gasteiger partial charge in [0, 0.05) is 18.6 Å². The molecule has 0 aliphatic carbocycles. The third-order valence-electron chi connectivity index (χ3n) is 4.04. The Kier molecular flexibility index (Phi) is 6.49. The standard InChI is InChI=1S/C13H18N4O3S.C2HF3O2/c1-13(2,8-4-3-5-20-8)6-14-12-16-17-7-15-9(11(18)19)10(17)21-12;3-2(4,5)1(6)7/h7-8H,3-6H2,1-2H3,(H,14,16)(H,18,19);(H,6,7). The lowest BCUT2D eigenvalue weighted by Crippen LogP contribution is -2.35. The van der Waals surface area contributed by atoms with E-state index in [9.17, 15) is 18.0 Å². The van der Waals surface area contributed by atoms with Gasteiger partial charge in [-0.1, -0.05) is 25.2 Å². The van der Waals surface area contributed by atoms with Crippen molar-refractivity contribution in [1.29, 1.82) is 0 Å². The third-order valence-corrected chi connectivity index (χ3v) is 5.03. The fourth-order valence-corrected chi connectivity index (χ4v) is 3.41. The number of hydrogen-bond acceptors (Lipinski definition) is 7. The fraction of sp³-hybridized carbons (Fsp3) is 0.600. The van der Waals surface area contributed by atoms with E-state index in [1.165, 1.54) is 22.2 Å². The molecule has 3 rings (SSSR count). The summed E-state index contributed by atoms with van der Waals surface area (Å²) in [6.07, 6.45) is -1.21. The van der Waals surface area contributed by atoms with Crippen LogP contribution >= 0.6 is 11.3 Å². The van der Waals surface area contributed by atoms with Crippen molar-refractivity contribution in [2.45, 2.75) is 39.0 Å². The van der Waals surface area contributed by atoms with Gasteiger partial charge in [-0.2, -0.15) is 13.2 Å². The van der Waals surface area contributed by atoms with Crippen molar-refractivity contribution in [2.75, 3.05) is 18.5 Å². The summed E-state index contributed by atoms with van der Waals surface area (Å²) in [5, 5.41) is 24.5. The van der Waals surface area contributed by atoms with E-state index in [2.05, 4.69) is 29.2 Å². The summed E-state index contributed by atoms with van der Waals surface area (Å²) >= 11 is 1.30. The Morgan fingerprint density at radius 3 is 2.54 bits per heavy atom. The zero-order valence-electron chi connectivity index (χ0n) is 15.0. The van der Waals surface area contributed by atoms with Gasteiger partial charge in [0.25, 0.3) is 0 Å². The van der Waals surface area contributed by atoms with Crippen LogP contribution in [0.15, 0.2) is 6.33 Å². The van der Waals surface area contributed by atoms with Gasteiger partial charge in [0.2, 0.25) is 5.13 Å². The number of fused-ring (bicyclic) bond motifs is 1. The Morgan fingerprint density at radius 2 is 2.04 bits per heavy atom. The average molecular weight is 424 g/mol. The quantitative estimate of drug-likeness (QED) is 0.669. The number of ether oxygens (including phenoxy) is 1. The Bertz CT molecular complexity index is 842. The molecule has 0 aromatic carbocycles. The van der Waals surface area contributed by atoms with Gasteiger partial charge in [-0.3, -0.25) is 0 Å². The van der Waals surface area contributed by atoms with Crippen LogP contribution in [-0.4, -0.2) is 62.2 Å². The summed E-state index contributed by atoms with van der Waals surface area (Å²) in [5.74, 6) is -3.79. The van der Waals surface area contributed by atoms with Gasteiger partial charge in [-0.25, -0.2) is 19.1 Å². The summed E-state index contributed by atoms with van der Waals surface area (Å²) in [4.78, 5) is 24.3. The van der Waals surface area contributed by atoms with E-state index >= 15 is 0 Å². The zero-order chi connectivity index (χ0) is 21.1. The molecule has 9 nitrogen and oxygen atoms in total. The van der Waals surface area contributed by atoms with E-state index in [4.69, 9.17) is 19.7 Å². The van der Waals surface area contributed by atoms with E-state index in [0.29, 0.717) is 9.96 Å². The molecule has 1 aliphatic rings. The van der Waals surface area contributed by atoms with Crippen LogP contribution in [0.4, 0.5) is 18.3 Å². The molecular weight excluding hydrogens is 405 g/mol. The molecule has 1 unspecified atom stereocenters. The van der Waals surface area contributed by atoms with Crippen LogP contribution in [0.3, 0.4) is 0 Å². The number of halogens is 3. The second-order valence-corrected chi connectivity index (χ2v) is 7.68. The van der Waals surface area contributed by atoms with Crippen LogP contribution in [0.5, 0.6) is 0 Å². The van der Waals surface area contributed by atoms with E-state index in [1.54, 1.807) is 0 Å². The minimum Gasteiger partial charge on any atom is -0.476 e. The molecule has 3 heterocycles. The van der Waals surface area contributed by atoms with Crippen molar-refractivity contribution < 1.29 is 37.7 Å². The number of rotatable bonds is 5.